The summed E-state index contributed by atoms with van der Waals surface area (Å²) in [6.45, 7) is 25.7. The number of likely N-dealkylation sites (tertiary alicyclic amines) is 1. The van der Waals surface area contributed by atoms with Gasteiger partial charge in [-0.3, -0.25) is 4.79 Å². The number of hydrogen-bond acceptors (Lipinski definition) is 3. The maximum absolute atomic E-state index is 14.2. The minimum atomic E-state index is -0.879. The van der Waals surface area contributed by atoms with Crippen LogP contribution in [-0.4, -0.2) is 52.6 Å². The van der Waals surface area contributed by atoms with E-state index in [1.165, 1.54) is 43.3 Å². The zero-order valence-electron chi connectivity index (χ0n) is 35.9. The standard InChI is InChI=1S/C49H71N3O4/c1-30(2)33-19-24-49(51-43(56)50-39-29-36(45(39,5)6)41(53)52-27-11-10-12-28-52)26-25-47(8)35(40(33)49)17-18-38-46(7)22-20-34(31-13-15-32(16-14-31)42(54)55)44(3,4)37(46)21-23-48(38,47)9/h13-16,20,33,35-40H,1,10-12,17-19,21-29H2,2-9H3,(H,54,55)(H2,50,51,56)/t33-,35+,36+,37-,38+,39+,40+,46-,47+,48+,49-/m0/s1. The fourth-order valence-electron chi connectivity index (χ4n) is 15.6. The van der Waals surface area contributed by atoms with Crippen LogP contribution in [0.4, 0.5) is 4.79 Å². The Morgan fingerprint density at radius 2 is 1.52 bits per heavy atom. The van der Waals surface area contributed by atoms with Crippen molar-refractivity contribution in [3.8, 4) is 0 Å². The van der Waals surface area contributed by atoms with Gasteiger partial charge in [-0.05, 0) is 170 Å². The zero-order chi connectivity index (χ0) is 40.2. The zero-order valence-corrected chi connectivity index (χ0v) is 35.9. The number of carbonyl (C=O) groups is 3. The Labute approximate surface area is 337 Å². The van der Waals surface area contributed by atoms with Crippen molar-refractivity contribution in [3.05, 3.63) is 53.6 Å². The van der Waals surface area contributed by atoms with Crippen molar-refractivity contribution in [3.63, 3.8) is 0 Å². The van der Waals surface area contributed by atoms with Crippen LogP contribution in [-0.2, 0) is 4.79 Å². The number of carboxylic acid groups (broad SMARTS) is 1. The van der Waals surface area contributed by atoms with E-state index in [1.807, 2.05) is 12.1 Å². The molecule has 7 heteroatoms. The van der Waals surface area contributed by atoms with Crippen LogP contribution < -0.4 is 10.6 Å². The highest BCUT2D eigenvalue weighted by molar-refractivity contribution is 5.88. The largest absolute Gasteiger partial charge is 0.478 e. The summed E-state index contributed by atoms with van der Waals surface area (Å²) < 4.78 is 0. The number of allylic oxidation sites excluding steroid dienone is 3. The van der Waals surface area contributed by atoms with E-state index in [2.05, 4.69) is 83.6 Å². The molecule has 306 valence electrons. The highest BCUT2D eigenvalue weighted by atomic mass is 16.4. The second-order valence-corrected chi connectivity index (χ2v) is 21.9. The van der Waals surface area contributed by atoms with Crippen LogP contribution in [0.2, 0.25) is 0 Å². The topological polar surface area (TPSA) is 98.7 Å². The fourth-order valence-corrected chi connectivity index (χ4v) is 15.6. The SMILES string of the molecule is C=C(C)[C@@H]1CC[C@]2(NC(=O)N[C@@H]3C[C@H](C(=O)N4CCCCC4)C3(C)C)CC[C@]3(C)[C@H](CC[C@@H]4[C@@]5(C)CC=C(c6ccc(C(=O)O)cc6)C(C)(C)[C@@H]5CC[C@]43C)[C@@H]12. The summed E-state index contributed by atoms with van der Waals surface area (Å²) in [5.74, 6) is 1.83. The van der Waals surface area contributed by atoms with Crippen LogP contribution in [0, 0.1) is 62.6 Å². The molecule has 1 aromatic carbocycles. The lowest BCUT2D eigenvalue weighted by atomic mass is 9.33. The van der Waals surface area contributed by atoms with E-state index in [0.717, 1.165) is 70.0 Å². The van der Waals surface area contributed by atoms with Gasteiger partial charge in [0.25, 0.3) is 0 Å². The van der Waals surface area contributed by atoms with Gasteiger partial charge in [0.05, 0.1) is 5.56 Å². The molecule has 5 saturated carbocycles. The molecule has 0 aromatic heterocycles. The van der Waals surface area contributed by atoms with Gasteiger partial charge in [-0.15, -0.1) is 0 Å². The Balaban J connectivity index is 1.02. The van der Waals surface area contributed by atoms with Gasteiger partial charge in [-0.2, -0.15) is 0 Å². The third-order valence-electron chi connectivity index (χ3n) is 19.0. The van der Waals surface area contributed by atoms with Crippen LogP contribution in [0.5, 0.6) is 0 Å². The minimum absolute atomic E-state index is 0.00743. The molecule has 11 atom stereocenters. The highest BCUT2D eigenvalue weighted by Gasteiger charge is 2.71. The summed E-state index contributed by atoms with van der Waals surface area (Å²) in [6, 6.07) is 7.50. The van der Waals surface area contributed by atoms with Crippen molar-refractivity contribution in [1.29, 1.82) is 0 Å². The van der Waals surface area contributed by atoms with Crippen molar-refractivity contribution in [2.24, 2.45) is 62.6 Å². The smallest absolute Gasteiger partial charge is 0.335 e. The monoisotopic (exact) mass is 766 g/mol. The van der Waals surface area contributed by atoms with E-state index in [-0.39, 0.29) is 56.5 Å². The van der Waals surface area contributed by atoms with Gasteiger partial charge in [0.2, 0.25) is 5.91 Å². The summed E-state index contributed by atoms with van der Waals surface area (Å²) in [5, 5.41) is 16.7. The molecule has 1 saturated heterocycles. The second-order valence-electron chi connectivity index (χ2n) is 21.9. The van der Waals surface area contributed by atoms with Crippen LogP contribution in [0.3, 0.4) is 0 Å². The van der Waals surface area contributed by atoms with Gasteiger partial charge in [0.1, 0.15) is 0 Å². The number of piperidine rings is 1. The molecule has 6 fully saturated rings. The van der Waals surface area contributed by atoms with Crippen molar-refractivity contribution < 1.29 is 19.5 Å². The number of benzene rings is 1. The molecule has 7 aliphatic rings. The summed E-state index contributed by atoms with van der Waals surface area (Å²) in [7, 11) is 0. The summed E-state index contributed by atoms with van der Waals surface area (Å²) >= 11 is 0. The maximum Gasteiger partial charge on any atom is 0.335 e. The first kappa shape index (κ1) is 39.7. The molecule has 7 nitrogen and oxygen atoms in total. The van der Waals surface area contributed by atoms with Crippen LogP contribution in [0.25, 0.3) is 5.57 Å². The lowest BCUT2D eigenvalue weighted by molar-refractivity contribution is -0.218. The van der Waals surface area contributed by atoms with Gasteiger partial charge in [0.15, 0.2) is 0 Å². The number of hydrogen-bond donors (Lipinski definition) is 3. The van der Waals surface area contributed by atoms with Crippen LogP contribution >= 0.6 is 0 Å². The molecule has 0 bridgehead atoms. The third-order valence-corrected chi connectivity index (χ3v) is 19.0. The predicted molar refractivity (Wildman–Crippen MR) is 224 cm³/mol. The first-order valence-electron chi connectivity index (χ1n) is 22.4. The second kappa shape index (κ2) is 13.5. The molecule has 8 rings (SSSR count). The number of carbonyl (C=O) groups excluding carboxylic acids is 2. The average Bonchev–Trinajstić information content (AvgIpc) is 3.53. The van der Waals surface area contributed by atoms with Crippen LogP contribution in [0.15, 0.2) is 42.5 Å². The van der Waals surface area contributed by atoms with Gasteiger partial charge >= 0.3 is 12.0 Å². The van der Waals surface area contributed by atoms with Gasteiger partial charge in [-0.1, -0.05) is 78.8 Å². The van der Waals surface area contributed by atoms with E-state index in [9.17, 15) is 19.5 Å². The van der Waals surface area contributed by atoms with Gasteiger partial charge < -0.3 is 20.6 Å². The molecule has 1 aliphatic heterocycles. The molecule has 1 aromatic rings. The van der Waals surface area contributed by atoms with Crippen molar-refractivity contribution in [1.82, 2.24) is 15.5 Å². The number of amides is 3. The molecule has 6 aliphatic carbocycles. The fraction of sp³-hybridized carbons (Fsp3) is 0.735. The Hall–Kier alpha value is -3.09. The normalized spacial score (nSPS) is 42.0. The van der Waals surface area contributed by atoms with E-state index in [0.29, 0.717) is 35.2 Å². The number of rotatable bonds is 6. The molecule has 56 heavy (non-hydrogen) atoms. The average molecular weight is 766 g/mol. The molecular formula is C49H71N3O4. The van der Waals surface area contributed by atoms with E-state index < -0.39 is 5.97 Å². The van der Waals surface area contributed by atoms with E-state index >= 15 is 0 Å². The van der Waals surface area contributed by atoms with E-state index in [4.69, 9.17) is 0 Å². The third kappa shape index (κ3) is 5.72. The van der Waals surface area contributed by atoms with Crippen molar-refractivity contribution in [2.75, 3.05) is 13.1 Å². The quantitative estimate of drug-likeness (QED) is 0.251. The number of carboxylic acids is 1. The van der Waals surface area contributed by atoms with Gasteiger partial charge in [-0.25, -0.2) is 9.59 Å². The first-order chi connectivity index (χ1) is 26.3. The van der Waals surface area contributed by atoms with Gasteiger partial charge in [0, 0.05) is 30.6 Å². The summed E-state index contributed by atoms with van der Waals surface area (Å²) in [5.41, 5.74) is 4.14. The Morgan fingerprint density at radius 1 is 0.821 bits per heavy atom. The Kier molecular flexibility index (Phi) is 9.56. The Morgan fingerprint density at radius 3 is 2.16 bits per heavy atom. The lowest BCUT2D eigenvalue weighted by Gasteiger charge is -2.72. The maximum atomic E-state index is 14.2. The minimum Gasteiger partial charge on any atom is -0.478 e. The summed E-state index contributed by atoms with van der Waals surface area (Å²) in [4.78, 5) is 41.4. The highest BCUT2D eigenvalue weighted by Crippen LogP contribution is 2.76. The number of urea groups is 1. The summed E-state index contributed by atoms with van der Waals surface area (Å²) in [6.07, 6.45) is 16.8. The number of nitrogens with one attached hydrogen (secondary N) is 2. The number of aromatic carboxylic acids is 1. The lowest BCUT2D eigenvalue weighted by Crippen LogP contribution is -2.70. The number of fused-ring (bicyclic) bond motifs is 7. The van der Waals surface area contributed by atoms with Crippen molar-refractivity contribution >= 4 is 23.5 Å². The molecular weight excluding hydrogens is 695 g/mol. The predicted octanol–water partition coefficient (Wildman–Crippen LogP) is 10.5. The first-order valence-corrected chi connectivity index (χ1v) is 22.4. The van der Waals surface area contributed by atoms with Crippen LogP contribution in [0.1, 0.15) is 155 Å². The van der Waals surface area contributed by atoms with E-state index in [1.54, 1.807) is 12.1 Å². The molecule has 0 unspecified atom stereocenters. The molecule has 3 N–H and O–H groups in total. The molecule has 0 spiro atoms. The van der Waals surface area contributed by atoms with Crippen molar-refractivity contribution in [2.45, 2.75) is 150 Å². The molecule has 3 amide bonds. The molecule has 0 radical (unpaired) electrons. The Bertz CT molecular complexity index is 1810. The molecule has 1 heterocycles. The number of nitrogens with zero attached hydrogens (tertiary/aromatic N) is 1.